The molecule has 0 aliphatic heterocycles. The first-order chi connectivity index (χ1) is 7.98. The van der Waals surface area contributed by atoms with Crippen molar-refractivity contribution in [2.24, 2.45) is 0 Å². The summed E-state index contributed by atoms with van der Waals surface area (Å²) in [4.78, 5) is 0. The molecule has 0 amide bonds. The monoisotopic (exact) mass is 242 g/mol. The van der Waals surface area contributed by atoms with Gasteiger partial charge in [-0.1, -0.05) is 6.07 Å². The van der Waals surface area contributed by atoms with Gasteiger partial charge in [-0.2, -0.15) is 0 Å². The van der Waals surface area contributed by atoms with E-state index < -0.39 is 11.4 Å². The van der Waals surface area contributed by atoms with E-state index in [4.69, 9.17) is 9.47 Å². The fraction of sp³-hybridized carbons (Fsp3) is 0.538. The molecule has 0 spiro atoms. The first kappa shape index (κ1) is 13.9. The molecule has 96 valence electrons. The zero-order chi connectivity index (χ0) is 12.9. The molecule has 0 saturated carbocycles. The van der Waals surface area contributed by atoms with Crippen LogP contribution in [0.3, 0.4) is 0 Å². The Balaban J connectivity index is 2.71. The van der Waals surface area contributed by atoms with Gasteiger partial charge in [0.05, 0.1) is 12.7 Å². The molecular formula is C13H19FO3. The van der Waals surface area contributed by atoms with E-state index in [0.29, 0.717) is 19.4 Å². The largest absolute Gasteiger partial charge is 0.494 e. The van der Waals surface area contributed by atoms with Gasteiger partial charge in [0.15, 0.2) is 11.6 Å². The molecule has 0 radical (unpaired) electrons. The minimum Gasteiger partial charge on any atom is -0.494 e. The van der Waals surface area contributed by atoms with Crippen molar-refractivity contribution in [3.8, 4) is 5.75 Å². The van der Waals surface area contributed by atoms with Crippen molar-refractivity contribution >= 4 is 0 Å². The molecule has 1 aromatic rings. The molecule has 0 aliphatic rings. The van der Waals surface area contributed by atoms with Crippen LogP contribution in [0, 0.1) is 5.82 Å². The molecule has 1 unspecified atom stereocenters. The highest BCUT2D eigenvalue weighted by Gasteiger charge is 2.21. The minimum absolute atomic E-state index is 0.213. The second-order valence-electron chi connectivity index (χ2n) is 4.39. The Morgan fingerprint density at radius 1 is 1.35 bits per heavy atom. The summed E-state index contributed by atoms with van der Waals surface area (Å²) in [6.45, 7) is 2.19. The van der Waals surface area contributed by atoms with E-state index in [1.165, 1.54) is 13.2 Å². The highest BCUT2D eigenvalue weighted by molar-refractivity contribution is 5.30. The van der Waals surface area contributed by atoms with E-state index in [1.807, 2.05) is 0 Å². The molecule has 0 aromatic heterocycles. The summed E-state index contributed by atoms with van der Waals surface area (Å²) in [5, 5.41) is 10.1. The third kappa shape index (κ3) is 4.32. The van der Waals surface area contributed by atoms with Gasteiger partial charge < -0.3 is 14.6 Å². The molecule has 0 bridgehead atoms. The van der Waals surface area contributed by atoms with Crippen LogP contribution in [0.1, 0.15) is 18.9 Å². The van der Waals surface area contributed by atoms with Crippen LogP contribution in [0.25, 0.3) is 0 Å². The maximum absolute atomic E-state index is 13.4. The molecular weight excluding hydrogens is 223 g/mol. The molecule has 1 N–H and O–H groups in total. The zero-order valence-electron chi connectivity index (χ0n) is 10.5. The number of aliphatic hydroxyl groups is 1. The van der Waals surface area contributed by atoms with Gasteiger partial charge in [0.2, 0.25) is 0 Å². The standard InChI is InChI=1S/C13H19FO3/c1-13(15,6-7-16-2)9-10-4-5-12(17-3)11(14)8-10/h4-5,8,15H,6-7,9H2,1-3H3. The zero-order valence-corrected chi connectivity index (χ0v) is 10.5. The number of methoxy groups -OCH3 is 2. The lowest BCUT2D eigenvalue weighted by atomic mass is 9.93. The van der Waals surface area contributed by atoms with Crippen LogP contribution in [0.15, 0.2) is 18.2 Å². The van der Waals surface area contributed by atoms with Gasteiger partial charge in [-0.15, -0.1) is 0 Å². The maximum atomic E-state index is 13.4. The normalized spacial score (nSPS) is 14.4. The van der Waals surface area contributed by atoms with Crippen molar-refractivity contribution in [3.05, 3.63) is 29.6 Å². The highest BCUT2D eigenvalue weighted by Crippen LogP contribution is 2.22. The summed E-state index contributed by atoms with van der Waals surface area (Å²) >= 11 is 0. The smallest absolute Gasteiger partial charge is 0.165 e. The molecule has 0 heterocycles. The summed E-state index contributed by atoms with van der Waals surface area (Å²) < 4.78 is 23.2. The number of ether oxygens (including phenoxy) is 2. The van der Waals surface area contributed by atoms with Crippen molar-refractivity contribution in [3.63, 3.8) is 0 Å². The lowest BCUT2D eigenvalue weighted by Gasteiger charge is -2.23. The fourth-order valence-corrected chi connectivity index (χ4v) is 1.67. The van der Waals surface area contributed by atoms with Crippen molar-refractivity contribution in [1.82, 2.24) is 0 Å². The second-order valence-corrected chi connectivity index (χ2v) is 4.39. The first-order valence-corrected chi connectivity index (χ1v) is 5.52. The van der Waals surface area contributed by atoms with Gasteiger partial charge in [-0.3, -0.25) is 0 Å². The van der Waals surface area contributed by atoms with E-state index >= 15 is 0 Å². The van der Waals surface area contributed by atoms with Crippen LogP contribution in [-0.2, 0) is 11.2 Å². The average Bonchev–Trinajstić information content (AvgIpc) is 2.26. The van der Waals surface area contributed by atoms with E-state index in [-0.39, 0.29) is 5.75 Å². The van der Waals surface area contributed by atoms with Crippen LogP contribution in [0.2, 0.25) is 0 Å². The number of benzene rings is 1. The summed E-state index contributed by atoms with van der Waals surface area (Å²) in [5.74, 6) is -0.196. The van der Waals surface area contributed by atoms with Crippen LogP contribution in [-0.4, -0.2) is 31.5 Å². The summed E-state index contributed by atoms with van der Waals surface area (Å²) in [6, 6.07) is 4.71. The molecule has 1 rings (SSSR count). The Hall–Kier alpha value is -1.13. The average molecular weight is 242 g/mol. The van der Waals surface area contributed by atoms with Gasteiger partial charge in [-0.25, -0.2) is 4.39 Å². The second kappa shape index (κ2) is 5.98. The lowest BCUT2D eigenvalue weighted by molar-refractivity contribution is 0.0249. The van der Waals surface area contributed by atoms with E-state index in [9.17, 15) is 9.50 Å². The third-order valence-electron chi connectivity index (χ3n) is 2.65. The number of hydrogen-bond acceptors (Lipinski definition) is 3. The van der Waals surface area contributed by atoms with Gasteiger partial charge in [0.25, 0.3) is 0 Å². The quantitative estimate of drug-likeness (QED) is 0.830. The molecule has 17 heavy (non-hydrogen) atoms. The van der Waals surface area contributed by atoms with Crippen molar-refractivity contribution in [2.45, 2.75) is 25.4 Å². The van der Waals surface area contributed by atoms with Crippen LogP contribution >= 0.6 is 0 Å². The lowest BCUT2D eigenvalue weighted by Crippen LogP contribution is -2.28. The number of halogens is 1. The molecule has 3 nitrogen and oxygen atoms in total. The maximum Gasteiger partial charge on any atom is 0.165 e. The molecule has 0 saturated heterocycles. The van der Waals surface area contributed by atoms with Gasteiger partial charge in [0.1, 0.15) is 0 Å². The van der Waals surface area contributed by atoms with Gasteiger partial charge in [0, 0.05) is 20.1 Å². The molecule has 0 fully saturated rings. The Morgan fingerprint density at radius 3 is 2.59 bits per heavy atom. The molecule has 1 aromatic carbocycles. The Morgan fingerprint density at radius 2 is 2.06 bits per heavy atom. The topological polar surface area (TPSA) is 38.7 Å². The fourth-order valence-electron chi connectivity index (χ4n) is 1.67. The highest BCUT2D eigenvalue weighted by atomic mass is 19.1. The van der Waals surface area contributed by atoms with Gasteiger partial charge in [-0.05, 0) is 31.0 Å². The van der Waals surface area contributed by atoms with Crippen LogP contribution < -0.4 is 4.74 Å². The Bertz CT molecular complexity index is 364. The number of rotatable bonds is 6. The Kier molecular flexibility index (Phi) is 4.90. The summed E-state index contributed by atoms with van der Waals surface area (Å²) in [7, 11) is 3.01. The van der Waals surface area contributed by atoms with Crippen LogP contribution in [0.5, 0.6) is 5.75 Å². The molecule has 0 aliphatic carbocycles. The molecule has 4 heteroatoms. The Labute approximate surface area is 101 Å². The number of hydrogen-bond donors (Lipinski definition) is 1. The van der Waals surface area contributed by atoms with Crippen molar-refractivity contribution in [1.29, 1.82) is 0 Å². The summed E-state index contributed by atoms with van der Waals surface area (Å²) in [5.41, 5.74) is -0.152. The van der Waals surface area contributed by atoms with Crippen molar-refractivity contribution in [2.75, 3.05) is 20.8 Å². The predicted octanol–water partition coefficient (Wildman–Crippen LogP) is 2.16. The predicted molar refractivity (Wildman–Crippen MR) is 63.8 cm³/mol. The first-order valence-electron chi connectivity index (χ1n) is 5.52. The van der Waals surface area contributed by atoms with E-state index in [1.54, 1.807) is 26.2 Å². The van der Waals surface area contributed by atoms with Crippen molar-refractivity contribution < 1.29 is 19.0 Å². The molecule has 1 atom stereocenters. The third-order valence-corrected chi connectivity index (χ3v) is 2.65. The summed E-state index contributed by atoms with van der Waals surface area (Å²) in [6.07, 6.45) is 0.897. The van der Waals surface area contributed by atoms with E-state index in [2.05, 4.69) is 0 Å². The minimum atomic E-state index is -0.892. The van der Waals surface area contributed by atoms with E-state index in [0.717, 1.165) is 5.56 Å². The van der Waals surface area contributed by atoms with Crippen LogP contribution in [0.4, 0.5) is 4.39 Å². The SMILES string of the molecule is COCCC(C)(O)Cc1ccc(OC)c(F)c1. The van der Waals surface area contributed by atoms with Gasteiger partial charge >= 0.3 is 0 Å².